The first-order valence-corrected chi connectivity index (χ1v) is 9.54. The first-order valence-electron chi connectivity index (χ1n) is 9.16. The van der Waals surface area contributed by atoms with Gasteiger partial charge in [0, 0.05) is 21.7 Å². The van der Waals surface area contributed by atoms with Gasteiger partial charge in [-0.15, -0.1) is 0 Å². The van der Waals surface area contributed by atoms with Crippen LogP contribution in [-0.2, 0) is 0 Å². The fraction of sp³-hybridized carbons (Fsp3) is 0.130. The topological polar surface area (TPSA) is 76.7 Å². The van der Waals surface area contributed by atoms with Crippen LogP contribution in [0.2, 0.25) is 5.02 Å². The van der Waals surface area contributed by atoms with Crippen molar-refractivity contribution in [2.75, 3.05) is 14.2 Å². The molecule has 0 aromatic heterocycles. The van der Waals surface area contributed by atoms with Crippen LogP contribution in [0.5, 0.6) is 11.5 Å². The fourth-order valence-corrected chi connectivity index (χ4v) is 3.06. The molecule has 3 aromatic carbocycles. The molecule has 0 aliphatic carbocycles. The lowest BCUT2D eigenvalue weighted by Gasteiger charge is -2.22. The zero-order chi connectivity index (χ0) is 21.5. The second-order valence-corrected chi connectivity index (χ2v) is 6.77. The number of ether oxygens (including phenoxy) is 2. The molecule has 0 saturated heterocycles. The van der Waals surface area contributed by atoms with E-state index < -0.39 is 6.17 Å². The first-order chi connectivity index (χ1) is 14.5. The van der Waals surface area contributed by atoms with E-state index in [-0.39, 0.29) is 11.8 Å². The number of carbonyl (C=O) groups excluding carboxylic acids is 2. The van der Waals surface area contributed by atoms with E-state index in [4.69, 9.17) is 21.1 Å². The monoisotopic (exact) mass is 424 g/mol. The molecular formula is C23H21ClN2O4. The van der Waals surface area contributed by atoms with E-state index in [0.29, 0.717) is 33.2 Å². The average Bonchev–Trinajstić information content (AvgIpc) is 2.79. The summed E-state index contributed by atoms with van der Waals surface area (Å²) in [5.74, 6) is 0.555. The largest absolute Gasteiger partial charge is 0.497 e. The highest BCUT2D eigenvalue weighted by atomic mass is 35.5. The Bertz CT molecular complexity index is 959. The Morgan fingerprint density at radius 2 is 1.17 bits per heavy atom. The standard InChI is InChI=1S/C23H21ClN2O4/c1-29-17-11-7-15(8-12-17)22(27)25-21(19-5-3-4-6-20(19)24)26-23(28)16-9-13-18(30-2)14-10-16/h3-14,21H,1-2H3,(H,25,27)(H,26,28). The highest BCUT2D eigenvalue weighted by Crippen LogP contribution is 2.22. The normalized spacial score (nSPS) is 10.4. The zero-order valence-corrected chi connectivity index (χ0v) is 17.3. The molecule has 0 unspecified atom stereocenters. The Morgan fingerprint density at radius 3 is 1.57 bits per heavy atom. The molecule has 0 atom stereocenters. The predicted molar refractivity (Wildman–Crippen MR) is 115 cm³/mol. The molecule has 7 heteroatoms. The summed E-state index contributed by atoms with van der Waals surface area (Å²) >= 11 is 6.32. The van der Waals surface area contributed by atoms with Gasteiger partial charge in [0.1, 0.15) is 17.7 Å². The van der Waals surface area contributed by atoms with Gasteiger partial charge in [0.25, 0.3) is 11.8 Å². The molecule has 3 rings (SSSR count). The lowest BCUT2D eigenvalue weighted by molar-refractivity contribution is 0.0883. The molecule has 0 bridgehead atoms. The van der Waals surface area contributed by atoms with Gasteiger partial charge >= 0.3 is 0 Å². The minimum absolute atomic E-state index is 0.363. The highest BCUT2D eigenvalue weighted by molar-refractivity contribution is 6.31. The van der Waals surface area contributed by atoms with E-state index in [1.165, 1.54) is 0 Å². The van der Waals surface area contributed by atoms with E-state index in [1.807, 2.05) is 0 Å². The number of carbonyl (C=O) groups is 2. The smallest absolute Gasteiger partial charge is 0.253 e. The Balaban J connectivity index is 1.83. The number of halogens is 1. The number of hydrogen-bond acceptors (Lipinski definition) is 4. The van der Waals surface area contributed by atoms with Crippen LogP contribution in [0.4, 0.5) is 0 Å². The van der Waals surface area contributed by atoms with E-state index in [1.54, 1.807) is 87.0 Å². The average molecular weight is 425 g/mol. The summed E-state index contributed by atoms with van der Waals surface area (Å²) in [6, 6.07) is 20.3. The van der Waals surface area contributed by atoms with Crippen LogP contribution < -0.4 is 20.1 Å². The number of amides is 2. The van der Waals surface area contributed by atoms with Gasteiger partial charge in [0.05, 0.1) is 14.2 Å². The molecule has 0 aliphatic heterocycles. The van der Waals surface area contributed by atoms with Crippen molar-refractivity contribution < 1.29 is 19.1 Å². The van der Waals surface area contributed by atoms with Crippen molar-refractivity contribution in [3.05, 3.63) is 94.5 Å². The fourth-order valence-electron chi connectivity index (χ4n) is 2.81. The van der Waals surface area contributed by atoms with Crippen molar-refractivity contribution in [2.45, 2.75) is 6.17 Å². The maximum absolute atomic E-state index is 12.8. The van der Waals surface area contributed by atoms with Crippen LogP contribution in [0.25, 0.3) is 0 Å². The maximum Gasteiger partial charge on any atom is 0.253 e. The molecule has 154 valence electrons. The molecule has 0 spiro atoms. The minimum atomic E-state index is -0.831. The molecule has 3 aromatic rings. The number of hydrogen-bond donors (Lipinski definition) is 2. The van der Waals surface area contributed by atoms with Crippen molar-refractivity contribution in [1.29, 1.82) is 0 Å². The third-order valence-corrected chi connectivity index (χ3v) is 4.82. The lowest BCUT2D eigenvalue weighted by Crippen LogP contribution is -2.41. The van der Waals surface area contributed by atoms with Crippen molar-refractivity contribution in [2.24, 2.45) is 0 Å². The Kier molecular flexibility index (Phi) is 6.93. The van der Waals surface area contributed by atoms with Crippen LogP contribution in [0, 0.1) is 0 Å². The third-order valence-electron chi connectivity index (χ3n) is 4.47. The Hall–Kier alpha value is -3.51. The summed E-state index contributed by atoms with van der Waals surface area (Å²) in [5, 5.41) is 6.08. The molecule has 0 heterocycles. The number of rotatable bonds is 7. The summed E-state index contributed by atoms with van der Waals surface area (Å²) in [6.45, 7) is 0. The second-order valence-electron chi connectivity index (χ2n) is 6.36. The summed E-state index contributed by atoms with van der Waals surface area (Å²) in [6.07, 6.45) is -0.831. The summed E-state index contributed by atoms with van der Waals surface area (Å²) < 4.78 is 10.2. The van der Waals surface area contributed by atoms with Crippen molar-refractivity contribution in [3.63, 3.8) is 0 Å². The van der Waals surface area contributed by atoms with Crippen LogP contribution in [0.1, 0.15) is 32.4 Å². The first kappa shape index (κ1) is 21.2. The van der Waals surface area contributed by atoms with Gasteiger partial charge in [-0.2, -0.15) is 0 Å². The van der Waals surface area contributed by atoms with Crippen LogP contribution in [0.15, 0.2) is 72.8 Å². The van der Waals surface area contributed by atoms with E-state index in [9.17, 15) is 9.59 Å². The SMILES string of the molecule is COc1ccc(C(=O)NC(NC(=O)c2ccc(OC)cc2)c2ccccc2Cl)cc1. The van der Waals surface area contributed by atoms with E-state index in [0.717, 1.165) is 0 Å². The maximum atomic E-state index is 12.8. The van der Waals surface area contributed by atoms with Crippen molar-refractivity contribution in [3.8, 4) is 11.5 Å². The molecule has 0 aliphatic rings. The molecule has 0 fully saturated rings. The van der Waals surface area contributed by atoms with Crippen LogP contribution >= 0.6 is 11.6 Å². The summed E-state index contributed by atoms with van der Waals surface area (Å²) in [5.41, 5.74) is 1.42. The Labute approximate surface area is 179 Å². The quantitative estimate of drug-likeness (QED) is 0.557. The van der Waals surface area contributed by atoms with Gasteiger partial charge in [-0.3, -0.25) is 9.59 Å². The second kappa shape index (κ2) is 9.80. The number of methoxy groups -OCH3 is 2. The molecule has 6 nitrogen and oxygen atoms in total. The van der Waals surface area contributed by atoms with Gasteiger partial charge in [-0.05, 0) is 54.6 Å². The van der Waals surface area contributed by atoms with Crippen LogP contribution in [0.3, 0.4) is 0 Å². The number of nitrogens with one attached hydrogen (secondary N) is 2. The van der Waals surface area contributed by atoms with Gasteiger partial charge in [0.15, 0.2) is 0 Å². The van der Waals surface area contributed by atoms with Gasteiger partial charge in [0.2, 0.25) is 0 Å². The minimum Gasteiger partial charge on any atom is -0.497 e. The summed E-state index contributed by atoms with van der Waals surface area (Å²) in [4.78, 5) is 25.6. The molecular weight excluding hydrogens is 404 g/mol. The molecule has 0 saturated carbocycles. The van der Waals surface area contributed by atoms with E-state index >= 15 is 0 Å². The molecule has 0 radical (unpaired) electrons. The zero-order valence-electron chi connectivity index (χ0n) is 16.5. The summed E-state index contributed by atoms with van der Waals surface area (Å²) in [7, 11) is 3.11. The van der Waals surface area contributed by atoms with Crippen molar-refractivity contribution in [1.82, 2.24) is 10.6 Å². The van der Waals surface area contributed by atoms with Gasteiger partial charge in [-0.25, -0.2) is 0 Å². The molecule has 2 amide bonds. The van der Waals surface area contributed by atoms with E-state index in [2.05, 4.69) is 10.6 Å². The van der Waals surface area contributed by atoms with Crippen LogP contribution in [-0.4, -0.2) is 26.0 Å². The Morgan fingerprint density at radius 1 is 0.733 bits per heavy atom. The number of benzene rings is 3. The lowest BCUT2D eigenvalue weighted by atomic mass is 10.1. The molecule has 30 heavy (non-hydrogen) atoms. The predicted octanol–water partition coefficient (Wildman–Crippen LogP) is 4.22. The van der Waals surface area contributed by atoms with Gasteiger partial charge in [-0.1, -0.05) is 29.8 Å². The highest BCUT2D eigenvalue weighted by Gasteiger charge is 2.21. The van der Waals surface area contributed by atoms with Gasteiger partial charge < -0.3 is 20.1 Å². The molecule has 2 N–H and O–H groups in total. The third kappa shape index (κ3) is 5.10. The van der Waals surface area contributed by atoms with Crippen molar-refractivity contribution >= 4 is 23.4 Å².